The lowest BCUT2D eigenvalue weighted by atomic mass is 10.1. The third-order valence-corrected chi connectivity index (χ3v) is 3.87. The summed E-state index contributed by atoms with van der Waals surface area (Å²) in [5, 5.41) is 22.9. The molecule has 126 valence electrons. The molecule has 0 fully saturated rings. The number of fused-ring (bicyclic) bond motifs is 1. The SMILES string of the molecule is N#C/C(=C\c1ccc(C(=O)O)cc1)C(=O)Nc1cccc2ccccc12. The Morgan fingerprint density at radius 2 is 1.65 bits per heavy atom. The summed E-state index contributed by atoms with van der Waals surface area (Å²) in [6.45, 7) is 0. The number of nitriles is 1. The van der Waals surface area contributed by atoms with Crippen LogP contribution in [0.15, 0.2) is 72.3 Å². The Balaban J connectivity index is 1.87. The molecule has 5 heteroatoms. The number of carbonyl (C=O) groups excluding carboxylic acids is 1. The molecule has 0 radical (unpaired) electrons. The average molecular weight is 342 g/mol. The first-order valence-electron chi connectivity index (χ1n) is 7.83. The minimum Gasteiger partial charge on any atom is -0.478 e. The van der Waals surface area contributed by atoms with Crippen molar-refractivity contribution in [2.45, 2.75) is 0 Å². The minimum absolute atomic E-state index is 0.0685. The van der Waals surface area contributed by atoms with E-state index < -0.39 is 11.9 Å². The van der Waals surface area contributed by atoms with Crippen LogP contribution in [0.5, 0.6) is 0 Å². The molecule has 26 heavy (non-hydrogen) atoms. The van der Waals surface area contributed by atoms with Gasteiger partial charge in [0.25, 0.3) is 5.91 Å². The first-order valence-corrected chi connectivity index (χ1v) is 7.83. The normalized spacial score (nSPS) is 11.0. The van der Waals surface area contributed by atoms with Crippen molar-refractivity contribution in [1.29, 1.82) is 5.26 Å². The molecule has 0 heterocycles. The molecule has 0 atom stereocenters. The van der Waals surface area contributed by atoms with E-state index in [-0.39, 0.29) is 11.1 Å². The maximum atomic E-state index is 12.5. The second-order valence-corrected chi connectivity index (χ2v) is 5.58. The third-order valence-electron chi connectivity index (χ3n) is 3.87. The van der Waals surface area contributed by atoms with E-state index in [9.17, 15) is 14.9 Å². The molecular weight excluding hydrogens is 328 g/mol. The van der Waals surface area contributed by atoms with Gasteiger partial charge in [0.05, 0.1) is 5.56 Å². The van der Waals surface area contributed by atoms with Crippen molar-refractivity contribution in [3.8, 4) is 6.07 Å². The molecule has 2 N–H and O–H groups in total. The lowest BCUT2D eigenvalue weighted by Crippen LogP contribution is -2.13. The van der Waals surface area contributed by atoms with Gasteiger partial charge in [-0.3, -0.25) is 4.79 Å². The number of benzene rings is 3. The van der Waals surface area contributed by atoms with Crippen molar-refractivity contribution in [2.24, 2.45) is 0 Å². The Bertz CT molecular complexity index is 1060. The number of aromatic carboxylic acids is 1. The molecule has 5 nitrogen and oxygen atoms in total. The summed E-state index contributed by atoms with van der Waals surface area (Å²) in [7, 11) is 0. The van der Waals surface area contributed by atoms with Gasteiger partial charge < -0.3 is 10.4 Å². The summed E-state index contributed by atoms with van der Waals surface area (Å²) >= 11 is 0. The molecule has 0 spiro atoms. The van der Waals surface area contributed by atoms with Gasteiger partial charge in [0, 0.05) is 11.1 Å². The molecular formula is C21H14N2O3. The van der Waals surface area contributed by atoms with Gasteiger partial charge in [0.2, 0.25) is 0 Å². The molecule has 0 aliphatic heterocycles. The van der Waals surface area contributed by atoms with Crippen LogP contribution in [0, 0.1) is 11.3 Å². The first-order chi connectivity index (χ1) is 12.6. The van der Waals surface area contributed by atoms with Gasteiger partial charge in [0.1, 0.15) is 11.6 Å². The van der Waals surface area contributed by atoms with Gasteiger partial charge in [-0.2, -0.15) is 5.26 Å². The maximum Gasteiger partial charge on any atom is 0.335 e. The summed E-state index contributed by atoms with van der Waals surface area (Å²) < 4.78 is 0. The van der Waals surface area contributed by atoms with Gasteiger partial charge in [-0.25, -0.2) is 4.79 Å². The fourth-order valence-corrected chi connectivity index (χ4v) is 2.56. The Morgan fingerprint density at radius 3 is 2.35 bits per heavy atom. The topological polar surface area (TPSA) is 90.2 Å². The molecule has 3 aromatic rings. The Kier molecular flexibility index (Phi) is 4.77. The molecule has 0 bridgehead atoms. The molecule has 0 aliphatic carbocycles. The van der Waals surface area contributed by atoms with Crippen LogP contribution in [-0.2, 0) is 4.79 Å². The zero-order valence-corrected chi connectivity index (χ0v) is 13.6. The van der Waals surface area contributed by atoms with Crippen molar-refractivity contribution < 1.29 is 14.7 Å². The molecule has 1 amide bonds. The maximum absolute atomic E-state index is 12.5. The van der Waals surface area contributed by atoms with Crippen LogP contribution in [0.25, 0.3) is 16.8 Å². The second kappa shape index (κ2) is 7.32. The smallest absolute Gasteiger partial charge is 0.335 e. The zero-order chi connectivity index (χ0) is 18.5. The number of anilines is 1. The fraction of sp³-hybridized carbons (Fsp3) is 0. The van der Waals surface area contributed by atoms with Crippen molar-refractivity contribution in [3.05, 3.63) is 83.4 Å². The molecule has 0 saturated carbocycles. The Hall–Kier alpha value is -3.91. The first kappa shape index (κ1) is 16.9. The molecule has 0 unspecified atom stereocenters. The number of hydrogen-bond donors (Lipinski definition) is 2. The number of carbonyl (C=O) groups is 2. The molecule has 0 aliphatic rings. The summed E-state index contributed by atoms with van der Waals surface area (Å²) in [4.78, 5) is 23.3. The van der Waals surface area contributed by atoms with Crippen molar-refractivity contribution in [1.82, 2.24) is 0 Å². The van der Waals surface area contributed by atoms with Gasteiger partial charge in [0.15, 0.2) is 0 Å². The highest BCUT2D eigenvalue weighted by molar-refractivity contribution is 6.12. The lowest BCUT2D eigenvalue weighted by molar-refractivity contribution is -0.112. The predicted octanol–water partition coefficient (Wildman–Crippen LogP) is 4.08. The summed E-state index contributed by atoms with van der Waals surface area (Å²) in [5.74, 6) is -1.55. The van der Waals surface area contributed by atoms with E-state index in [1.54, 1.807) is 18.2 Å². The van der Waals surface area contributed by atoms with Crippen LogP contribution in [0.4, 0.5) is 5.69 Å². The van der Waals surface area contributed by atoms with Crippen LogP contribution < -0.4 is 5.32 Å². The van der Waals surface area contributed by atoms with E-state index in [0.29, 0.717) is 11.3 Å². The molecule has 0 aromatic heterocycles. The predicted molar refractivity (Wildman–Crippen MR) is 99.6 cm³/mol. The van der Waals surface area contributed by atoms with Crippen LogP contribution in [0.2, 0.25) is 0 Å². The van der Waals surface area contributed by atoms with Crippen LogP contribution in [-0.4, -0.2) is 17.0 Å². The van der Waals surface area contributed by atoms with Crippen LogP contribution in [0.3, 0.4) is 0 Å². The number of nitrogens with zero attached hydrogens (tertiary/aromatic N) is 1. The highest BCUT2D eigenvalue weighted by atomic mass is 16.4. The van der Waals surface area contributed by atoms with Crippen molar-refractivity contribution >= 4 is 34.4 Å². The van der Waals surface area contributed by atoms with Gasteiger partial charge >= 0.3 is 5.97 Å². The lowest BCUT2D eigenvalue weighted by Gasteiger charge is -2.08. The van der Waals surface area contributed by atoms with E-state index in [2.05, 4.69) is 5.32 Å². The number of carboxylic acids is 1. The molecule has 0 saturated heterocycles. The van der Waals surface area contributed by atoms with E-state index in [1.807, 2.05) is 42.5 Å². The highest BCUT2D eigenvalue weighted by Crippen LogP contribution is 2.23. The van der Waals surface area contributed by atoms with E-state index in [4.69, 9.17) is 5.11 Å². The largest absolute Gasteiger partial charge is 0.478 e. The quantitative estimate of drug-likeness (QED) is 0.552. The monoisotopic (exact) mass is 342 g/mol. The Labute approximate surface area is 149 Å². The number of nitrogens with one attached hydrogen (secondary N) is 1. The van der Waals surface area contributed by atoms with Gasteiger partial charge in [-0.05, 0) is 35.2 Å². The average Bonchev–Trinajstić information content (AvgIpc) is 2.66. The van der Waals surface area contributed by atoms with E-state index in [0.717, 1.165) is 10.8 Å². The molecule has 3 rings (SSSR count). The Morgan fingerprint density at radius 1 is 0.962 bits per heavy atom. The van der Waals surface area contributed by atoms with Crippen molar-refractivity contribution in [3.63, 3.8) is 0 Å². The van der Waals surface area contributed by atoms with Gasteiger partial charge in [-0.15, -0.1) is 0 Å². The number of amides is 1. The minimum atomic E-state index is -1.03. The number of carboxylic acid groups (broad SMARTS) is 1. The standard InChI is InChI=1S/C21H14N2O3/c22-13-17(12-14-8-10-16(11-9-14)21(25)26)20(24)23-19-7-3-5-15-4-1-2-6-18(15)19/h1-12H,(H,23,24)(H,25,26)/b17-12+. The summed E-state index contributed by atoms with van der Waals surface area (Å²) in [5.41, 5.74) is 1.26. The molecule has 3 aromatic carbocycles. The van der Waals surface area contributed by atoms with Gasteiger partial charge in [-0.1, -0.05) is 48.5 Å². The number of hydrogen-bond acceptors (Lipinski definition) is 3. The van der Waals surface area contributed by atoms with E-state index >= 15 is 0 Å². The van der Waals surface area contributed by atoms with E-state index in [1.165, 1.54) is 18.2 Å². The summed E-state index contributed by atoms with van der Waals surface area (Å²) in [6, 6.07) is 21.0. The van der Waals surface area contributed by atoms with Crippen LogP contribution in [0.1, 0.15) is 15.9 Å². The summed E-state index contributed by atoms with van der Waals surface area (Å²) in [6.07, 6.45) is 1.42. The third kappa shape index (κ3) is 3.60. The second-order valence-electron chi connectivity index (χ2n) is 5.58. The fourth-order valence-electron chi connectivity index (χ4n) is 2.56. The zero-order valence-electron chi connectivity index (χ0n) is 13.6. The number of rotatable bonds is 4. The highest BCUT2D eigenvalue weighted by Gasteiger charge is 2.11. The van der Waals surface area contributed by atoms with Crippen LogP contribution >= 0.6 is 0 Å². The van der Waals surface area contributed by atoms with Crippen molar-refractivity contribution in [2.75, 3.05) is 5.32 Å².